The van der Waals surface area contributed by atoms with E-state index in [-0.39, 0.29) is 11.8 Å². The maximum absolute atomic E-state index is 12.7. The van der Waals surface area contributed by atoms with Gasteiger partial charge in [-0.2, -0.15) is 0 Å². The van der Waals surface area contributed by atoms with Crippen LogP contribution in [0.25, 0.3) is 0 Å². The van der Waals surface area contributed by atoms with Gasteiger partial charge in [0.1, 0.15) is 0 Å². The van der Waals surface area contributed by atoms with E-state index < -0.39 is 0 Å². The van der Waals surface area contributed by atoms with E-state index in [2.05, 4.69) is 35.3 Å². The van der Waals surface area contributed by atoms with Crippen molar-refractivity contribution >= 4 is 28.6 Å². The molecule has 0 unspecified atom stereocenters. The van der Waals surface area contributed by atoms with Gasteiger partial charge in [-0.1, -0.05) is 12.1 Å². The molecular weight excluding hydrogens is 320 g/mol. The summed E-state index contributed by atoms with van der Waals surface area (Å²) in [5, 5.41) is 3.16. The zero-order valence-electron chi connectivity index (χ0n) is 13.8. The highest BCUT2D eigenvalue weighted by Gasteiger charge is 2.44. The average Bonchev–Trinajstić information content (AvgIpc) is 3.30. The number of morpholine rings is 1. The van der Waals surface area contributed by atoms with Crippen LogP contribution >= 0.6 is 11.3 Å². The lowest BCUT2D eigenvalue weighted by Gasteiger charge is -2.30. The first-order chi connectivity index (χ1) is 11.7. The third-order valence-electron chi connectivity index (χ3n) is 4.77. The molecule has 2 fully saturated rings. The zero-order chi connectivity index (χ0) is 16.5. The number of amides is 1. The Morgan fingerprint density at radius 3 is 2.75 bits per heavy atom. The minimum Gasteiger partial charge on any atom is -0.378 e. The third-order valence-corrected chi connectivity index (χ3v) is 5.90. The number of nitrogens with zero attached hydrogens (tertiary/aromatic N) is 1. The number of hydrogen-bond acceptors (Lipinski definition) is 4. The molecule has 1 aromatic heterocycles. The first-order valence-electron chi connectivity index (χ1n) is 8.51. The molecule has 1 amide bonds. The third kappa shape index (κ3) is 3.19. The molecule has 24 heavy (non-hydrogen) atoms. The summed E-state index contributed by atoms with van der Waals surface area (Å²) in [5.41, 5.74) is 2.01. The smallest absolute Gasteiger partial charge is 0.228 e. The number of anilines is 2. The van der Waals surface area contributed by atoms with Crippen molar-refractivity contribution in [1.29, 1.82) is 0 Å². The molecule has 1 saturated carbocycles. The first-order valence-corrected chi connectivity index (χ1v) is 9.33. The molecule has 0 radical (unpaired) electrons. The molecule has 4 nitrogen and oxygen atoms in total. The summed E-state index contributed by atoms with van der Waals surface area (Å²) in [6, 6.07) is 12.4. The number of rotatable bonds is 4. The topological polar surface area (TPSA) is 41.6 Å². The molecule has 2 atom stereocenters. The molecule has 126 valence electrons. The highest BCUT2D eigenvalue weighted by molar-refractivity contribution is 7.12. The van der Waals surface area contributed by atoms with Crippen LogP contribution in [0.5, 0.6) is 0 Å². The summed E-state index contributed by atoms with van der Waals surface area (Å²) < 4.78 is 5.43. The number of thiophene rings is 1. The first kappa shape index (κ1) is 15.7. The molecule has 2 heterocycles. The molecule has 1 aromatic carbocycles. The van der Waals surface area contributed by atoms with E-state index in [1.807, 2.05) is 29.5 Å². The SMILES string of the molecule is Cc1ccc([C@@H]2C[C@@H]2C(=O)Nc2ccccc2N2CCOCC2)s1. The lowest BCUT2D eigenvalue weighted by atomic mass is 10.2. The van der Waals surface area contributed by atoms with Gasteiger partial charge in [0, 0.05) is 34.7 Å². The maximum atomic E-state index is 12.7. The van der Waals surface area contributed by atoms with E-state index >= 15 is 0 Å². The summed E-state index contributed by atoms with van der Waals surface area (Å²) in [5.74, 6) is 0.659. The Hall–Kier alpha value is -1.85. The predicted octanol–water partition coefficient (Wildman–Crippen LogP) is 3.64. The van der Waals surface area contributed by atoms with Crippen molar-refractivity contribution in [2.45, 2.75) is 19.3 Å². The van der Waals surface area contributed by atoms with Crippen molar-refractivity contribution in [2.75, 3.05) is 36.5 Å². The molecule has 0 bridgehead atoms. The van der Waals surface area contributed by atoms with E-state index in [1.165, 1.54) is 9.75 Å². The Morgan fingerprint density at radius 1 is 1.21 bits per heavy atom. The van der Waals surface area contributed by atoms with Gasteiger partial charge in [0.05, 0.1) is 24.6 Å². The van der Waals surface area contributed by atoms with Gasteiger partial charge in [-0.25, -0.2) is 0 Å². The van der Waals surface area contributed by atoms with Crippen LogP contribution in [-0.2, 0) is 9.53 Å². The van der Waals surface area contributed by atoms with Crippen molar-refractivity contribution in [3.05, 3.63) is 46.2 Å². The van der Waals surface area contributed by atoms with Crippen LogP contribution in [0.2, 0.25) is 0 Å². The number of hydrogen-bond donors (Lipinski definition) is 1. The zero-order valence-corrected chi connectivity index (χ0v) is 14.6. The van der Waals surface area contributed by atoms with Crippen molar-refractivity contribution in [2.24, 2.45) is 5.92 Å². The molecule has 1 aliphatic carbocycles. The van der Waals surface area contributed by atoms with Crippen molar-refractivity contribution in [3.63, 3.8) is 0 Å². The van der Waals surface area contributed by atoms with Crippen LogP contribution in [0.4, 0.5) is 11.4 Å². The molecule has 4 rings (SSSR count). The number of benzene rings is 1. The minimum absolute atomic E-state index is 0.112. The molecule has 1 saturated heterocycles. The predicted molar refractivity (Wildman–Crippen MR) is 98.0 cm³/mol. The second-order valence-electron chi connectivity index (χ2n) is 6.50. The molecule has 0 spiro atoms. The monoisotopic (exact) mass is 342 g/mol. The number of ether oxygens (including phenoxy) is 1. The second kappa shape index (κ2) is 6.57. The van der Waals surface area contributed by atoms with Gasteiger partial charge in [0.2, 0.25) is 5.91 Å². The normalized spacial score (nSPS) is 23.1. The Bertz CT molecular complexity index is 736. The highest BCUT2D eigenvalue weighted by atomic mass is 32.1. The standard InChI is InChI=1S/C19H22N2O2S/c1-13-6-7-18(24-13)14-12-15(14)19(22)20-16-4-2-3-5-17(16)21-8-10-23-11-9-21/h2-7,14-15H,8-12H2,1H3,(H,20,22)/t14-,15+/m1/s1. The van der Waals surface area contributed by atoms with E-state index in [9.17, 15) is 4.79 Å². The van der Waals surface area contributed by atoms with Gasteiger partial charge < -0.3 is 15.0 Å². The van der Waals surface area contributed by atoms with Gasteiger partial charge in [0.15, 0.2) is 0 Å². The fraction of sp³-hybridized carbons (Fsp3) is 0.421. The molecule has 1 aliphatic heterocycles. The van der Waals surface area contributed by atoms with Crippen LogP contribution in [0, 0.1) is 12.8 Å². The molecule has 2 aliphatic rings. The summed E-state index contributed by atoms with van der Waals surface area (Å²) in [6.07, 6.45) is 0.964. The van der Waals surface area contributed by atoms with Crippen LogP contribution in [0.3, 0.4) is 0 Å². The highest BCUT2D eigenvalue weighted by Crippen LogP contribution is 2.50. The summed E-state index contributed by atoms with van der Waals surface area (Å²) in [6.45, 7) is 5.33. The molecule has 2 aromatic rings. The van der Waals surface area contributed by atoms with Crippen LogP contribution in [0.1, 0.15) is 22.1 Å². The van der Waals surface area contributed by atoms with E-state index in [0.717, 1.165) is 44.1 Å². The van der Waals surface area contributed by atoms with Gasteiger partial charge >= 0.3 is 0 Å². The van der Waals surface area contributed by atoms with Gasteiger partial charge in [-0.15, -0.1) is 11.3 Å². The lowest BCUT2D eigenvalue weighted by Crippen LogP contribution is -2.36. The number of carbonyl (C=O) groups is 1. The summed E-state index contributed by atoms with van der Waals surface area (Å²) in [7, 11) is 0. The number of para-hydroxylation sites is 2. The Labute approximate surface area is 146 Å². The van der Waals surface area contributed by atoms with E-state index in [4.69, 9.17) is 4.74 Å². The fourth-order valence-electron chi connectivity index (χ4n) is 3.34. The van der Waals surface area contributed by atoms with E-state index in [1.54, 1.807) is 0 Å². The van der Waals surface area contributed by atoms with Crippen molar-refractivity contribution < 1.29 is 9.53 Å². The minimum atomic E-state index is 0.112. The number of aryl methyl sites for hydroxylation is 1. The van der Waals surface area contributed by atoms with Crippen molar-refractivity contribution in [3.8, 4) is 0 Å². The average molecular weight is 342 g/mol. The second-order valence-corrected chi connectivity index (χ2v) is 7.82. The quantitative estimate of drug-likeness (QED) is 0.922. The molecule has 1 N–H and O–H groups in total. The Morgan fingerprint density at radius 2 is 2.00 bits per heavy atom. The van der Waals surface area contributed by atoms with Gasteiger partial charge in [-0.3, -0.25) is 4.79 Å². The maximum Gasteiger partial charge on any atom is 0.228 e. The fourth-order valence-corrected chi connectivity index (χ4v) is 4.39. The number of carbonyl (C=O) groups excluding carboxylic acids is 1. The summed E-state index contributed by atoms with van der Waals surface area (Å²) in [4.78, 5) is 17.6. The van der Waals surface area contributed by atoms with Gasteiger partial charge in [-0.05, 0) is 37.6 Å². The van der Waals surface area contributed by atoms with Crippen LogP contribution < -0.4 is 10.2 Å². The molecule has 5 heteroatoms. The number of nitrogens with one attached hydrogen (secondary N) is 1. The van der Waals surface area contributed by atoms with Gasteiger partial charge in [0.25, 0.3) is 0 Å². The van der Waals surface area contributed by atoms with Crippen LogP contribution in [0.15, 0.2) is 36.4 Å². The van der Waals surface area contributed by atoms with Crippen LogP contribution in [-0.4, -0.2) is 32.2 Å². The lowest BCUT2D eigenvalue weighted by molar-refractivity contribution is -0.117. The Kier molecular flexibility index (Phi) is 4.29. The van der Waals surface area contributed by atoms with Crippen molar-refractivity contribution in [1.82, 2.24) is 0 Å². The van der Waals surface area contributed by atoms with E-state index in [0.29, 0.717) is 5.92 Å². The largest absolute Gasteiger partial charge is 0.378 e. The molecular formula is C19H22N2O2S. The summed E-state index contributed by atoms with van der Waals surface area (Å²) >= 11 is 1.81. The Balaban J connectivity index is 1.45.